The van der Waals surface area contributed by atoms with Gasteiger partial charge in [0.1, 0.15) is 10.6 Å². The lowest BCUT2D eigenvalue weighted by Gasteiger charge is -2.11. The van der Waals surface area contributed by atoms with Crippen LogP contribution >= 0.6 is 11.3 Å². The van der Waals surface area contributed by atoms with Crippen LogP contribution in [0.5, 0.6) is 5.75 Å². The summed E-state index contributed by atoms with van der Waals surface area (Å²) in [6.45, 7) is 8.72. The molecule has 0 atom stereocenters. The van der Waals surface area contributed by atoms with E-state index in [9.17, 15) is 9.90 Å². The van der Waals surface area contributed by atoms with Gasteiger partial charge in [-0.2, -0.15) is 5.10 Å². The van der Waals surface area contributed by atoms with Crippen molar-refractivity contribution in [2.24, 2.45) is 0 Å². The van der Waals surface area contributed by atoms with Crippen LogP contribution in [0.3, 0.4) is 0 Å². The fourth-order valence-corrected chi connectivity index (χ4v) is 3.57. The first-order valence-electron chi connectivity index (χ1n) is 9.27. The number of unbranched alkanes of at least 4 members (excludes halogenated alkanes) is 1. The molecule has 0 aliphatic heterocycles. The highest BCUT2D eigenvalue weighted by atomic mass is 32.1. The molecule has 0 aliphatic carbocycles. The third-order valence-corrected chi connectivity index (χ3v) is 5.46. The summed E-state index contributed by atoms with van der Waals surface area (Å²) >= 11 is 1.26. The van der Waals surface area contributed by atoms with Crippen LogP contribution in [0.2, 0.25) is 0 Å². The Hall–Kier alpha value is -2.87. The summed E-state index contributed by atoms with van der Waals surface area (Å²) in [6, 6.07) is 5.36. The molecular weight excluding hydrogens is 374 g/mol. The van der Waals surface area contributed by atoms with Gasteiger partial charge in [0, 0.05) is 23.9 Å². The van der Waals surface area contributed by atoms with Gasteiger partial charge in [0.2, 0.25) is 0 Å². The standard InChI is InChI=1S/C20H25N5O2S/c1-5-6-9-25-13(3)10-17(24-25)22-20-21-11-16(28-20)19(27)23-18-12(2)7-8-15(26)14(18)4/h7-8,10-11,26H,5-6,9H2,1-4H3,(H,23,27)(H,21,22,24). The number of carbonyl (C=O) groups is 1. The molecule has 8 heteroatoms. The smallest absolute Gasteiger partial charge is 0.267 e. The van der Waals surface area contributed by atoms with E-state index in [0.717, 1.165) is 36.5 Å². The summed E-state index contributed by atoms with van der Waals surface area (Å²) in [6.07, 6.45) is 3.74. The maximum absolute atomic E-state index is 12.6. The summed E-state index contributed by atoms with van der Waals surface area (Å²) in [5.74, 6) is 0.614. The van der Waals surface area contributed by atoms with Crippen LogP contribution in [0.15, 0.2) is 24.4 Å². The Kier molecular flexibility index (Phi) is 5.99. The van der Waals surface area contributed by atoms with Crippen molar-refractivity contribution in [2.45, 2.75) is 47.1 Å². The number of hydrogen-bond acceptors (Lipinski definition) is 6. The number of benzene rings is 1. The van der Waals surface area contributed by atoms with Gasteiger partial charge >= 0.3 is 0 Å². The van der Waals surface area contributed by atoms with Gasteiger partial charge in [0.25, 0.3) is 5.91 Å². The van der Waals surface area contributed by atoms with Crippen molar-refractivity contribution >= 4 is 33.9 Å². The van der Waals surface area contributed by atoms with Crippen molar-refractivity contribution in [1.82, 2.24) is 14.8 Å². The zero-order valence-corrected chi connectivity index (χ0v) is 17.4. The van der Waals surface area contributed by atoms with Crippen LogP contribution in [0.25, 0.3) is 0 Å². The van der Waals surface area contributed by atoms with E-state index in [1.807, 2.05) is 24.6 Å². The lowest BCUT2D eigenvalue weighted by Crippen LogP contribution is -2.12. The third-order valence-electron chi connectivity index (χ3n) is 4.55. The lowest BCUT2D eigenvalue weighted by molar-refractivity contribution is 0.103. The molecule has 0 spiro atoms. The topological polar surface area (TPSA) is 92.1 Å². The summed E-state index contributed by atoms with van der Waals surface area (Å²) in [5, 5.41) is 21.1. The van der Waals surface area contributed by atoms with Crippen LogP contribution in [0.4, 0.5) is 16.6 Å². The minimum atomic E-state index is -0.257. The number of nitrogens with zero attached hydrogens (tertiary/aromatic N) is 3. The highest BCUT2D eigenvalue weighted by Crippen LogP contribution is 2.29. The predicted molar refractivity (Wildman–Crippen MR) is 113 cm³/mol. The molecule has 2 aromatic heterocycles. The Labute approximate surface area is 168 Å². The van der Waals surface area contributed by atoms with Gasteiger partial charge in [-0.1, -0.05) is 30.7 Å². The number of anilines is 3. The Balaban J connectivity index is 1.70. The minimum absolute atomic E-state index is 0.154. The summed E-state index contributed by atoms with van der Waals surface area (Å²) in [7, 11) is 0. The van der Waals surface area contributed by atoms with Gasteiger partial charge in [-0.25, -0.2) is 4.98 Å². The quantitative estimate of drug-likeness (QED) is 0.532. The van der Waals surface area contributed by atoms with Crippen molar-refractivity contribution in [3.63, 3.8) is 0 Å². The first kappa shape index (κ1) is 19.9. The predicted octanol–water partition coefficient (Wildman–Crippen LogP) is 4.77. The maximum Gasteiger partial charge on any atom is 0.267 e. The molecule has 0 saturated heterocycles. The van der Waals surface area contributed by atoms with Gasteiger partial charge in [-0.05, 0) is 38.8 Å². The summed E-state index contributed by atoms with van der Waals surface area (Å²) < 4.78 is 1.97. The normalized spacial score (nSPS) is 10.9. The molecule has 0 saturated carbocycles. The van der Waals surface area contributed by atoms with Crippen molar-refractivity contribution in [1.29, 1.82) is 0 Å². The molecule has 0 aliphatic rings. The van der Waals surface area contributed by atoms with Gasteiger partial charge < -0.3 is 15.7 Å². The number of thiazole rings is 1. The zero-order valence-electron chi connectivity index (χ0n) is 16.5. The Morgan fingerprint density at radius 2 is 2.07 bits per heavy atom. The number of hydrogen-bond donors (Lipinski definition) is 3. The van der Waals surface area contributed by atoms with E-state index >= 15 is 0 Å². The Morgan fingerprint density at radius 1 is 1.29 bits per heavy atom. The number of nitrogens with one attached hydrogen (secondary N) is 2. The fraction of sp³-hybridized carbons (Fsp3) is 0.350. The first-order valence-corrected chi connectivity index (χ1v) is 10.1. The number of phenols is 1. The van der Waals surface area contributed by atoms with E-state index in [1.165, 1.54) is 17.5 Å². The molecule has 0 bridgehead atoms. The second-order valence-electron chi connectivity index (χ2n) is 6.76. The molecule has 3 aromatic rings. The Bertz CT molecular complexity index is 993. The van der Waals surface area contributed by atoms with E-state index in [4.69, 9.17) is 0 Å². The van der Waals surface area contributed by atoms with E-state index < -0.39 is 0 Å². The SMILES string of the molecule is CCCCn1nc(Nc2ncc(C(=O)Nc3c(C)ccc(O)c3C)s2)cc1C. The van der Waals surface area contributed by atoms with Gasteiger partial charge in [0.15, 0.2) is 10.9 Å². The third kappa shape index (κ3) is 4.33. The maximum atomic E-state index is 12.6. The molecule has 148 valence electrons. The molecule has 0 radical (unpaired) electrons. The van der Waals surface area contributed by atoms with E-state index in [1.54, 1.807) is 19.1 Å². The second kappa shape index (κ2) is 8.43. The van der Waals surface area contributed by atoms with Crippen molar-refractivity contribution < 1.29 is 9.90 Å². The van der Waals surface area contributed by atoms with Gasteiger partial charge in [-0.3, -0.25) is 9.48 Å². The summed E-state index contributed by atoms with van der Waals surface area (Å²) in [5.41, 5.74) is 3.24. The molecule has 7 nitrogen and oxygen atoms in total. The molecule has 0 unspecified atom stereocenters. The second-order valence-corrected chi connectivity index (χ2v) is 7.79. The van der Waals surface area contributed by atoms with Gasteiger partial charge in [0.05, 0.1) is 11.9 Å². The molecule has 1 aromatic carbocycles. The average molecular weight is 400 g/mol. The molecule has 0 fully saturated rings. The van der Waals surface area contributed by atoms with Crippen molar-refractivity contribution in [3.05, 3.63) is 46.1 Å². The van der Waals surface area contributed by atoms with Crippen molar-refractivity contribution in [3.8, 4) is 5.75 Å². The van der Waals surface area contributed by atoms with Crippen LogP contribution in [-0.2, 0) is 6.54 Å². The largest absolute Gasteiger partial charge is 0.508 e. The molecule has 28 heavy (non-hydrogen) atoms. The van der Waals surface area contributed by atoms with Crippen LogP contribution in [0.1, 0.15) is 46.3 Å². The number of phenolic OH excluding ortho intramolecular Hbond substituents is 1. The number of aromatic hydroxyl groups is 1. The monoisotopic (exact) mass is 399 g/mol. The average Bonchev–Trinajstić information content (AvgIpc) is 3.27. The van der Waals surface area contributed by atoms with Crippen LogP contribution < -0.4 is 10.6 Å². The number of aromatic nitrogens is 3. The van der Waals surface area contributed by atoms with Gasteiger partial charge in [-0.15, -0.1) is 0 Å². The van der Waals surface area contributed by atoms with E-state index in [2.05, 4.69) is 27.6 Å². The number of aryl methyl sites for hydroxylation is 3. The number of amides is 1. The Morgan fingerprint density at radius 3 is 2.82 bits per heavy atom. The molecular formula is C20H25N5O2S. The lowest BCUT2D eigenvalue weighted by atomic mass is 10.1. The fourth-order valence-electron chi connectivity index (χ4n) is 2.86. The van der Waals surface area contributed by atoms with Crippen LogP contribution in [0, 0.1) is 20.8 Å². The number of carbonyl (C=O) groups excluding carboxylic acids is 1. The summed E-state index contributed by atoms with van der Waals surface area (Å²) in [4.78, 5) is 17.4. The minimum Gasteiger partial charge on any atom is -0.508 e. The highest BCUT2D eigenvalue weighted by Gasteiger charge is 2.15. The highest BCUT2D eigenvalue weighted by molar-refractivity contribution is 7.17. The van der Waals surface area contributed by atoms with E-state index in [-0.39, 0.29) is 11.7 Å². The zero-order chi connectivity index (χ0) is 20.3. The van der Waals surface area contributed by atoms with Crippen molar-refractivity contribution in [2.75, 3.05) is 10.6 Å². The molecule has 1 amide bonds. The van der Waals surface area contributed by atoms with Crippen LogP contribution in [-0.4, -0.2) is 25.8 Å². The molecule has 2 heterocycles. The molecule has 3 rings (SSSR count). The first-order chi connectivity index (χ1) is 13.4. The molecule has 3 N–H and O–H groups in total. The van der Waals surface area contributed by atoms with E-state index in [0.29, 0.717) is 21.3 Å². The number of rotatable bonds is 7.